The number of benzene rings is 3. The molecule has 0 saturated heterocycles. The Morgan fingerprint density at radius 2 is 1.69 bits per heavy atom. The molecule has 0 radical (unpaired) electrons. The first-order chi connectivity index (χ1) is 16.4. The van der Waals surface area contributed by atoms with Gasteiger partial charge in [-0.15, -0.1) is 0 Å². The number of carbonyl (C=O) groups excluding carboxylic acids is 1. The van der Waals surface area contributed by atoms with E-state index in [-0.39, 0.29) is 4.90 Å². The highest BCUT2D eigenvalue weighted by molar-refractivity contribution is 9.10. The summed E-state index contributed by atoms with van der Waals surface area (Å²) in [7, 11) is -6.21. The van der Waals surface area contributed by atoms with Crippen molar-refractivity contribution in [2.45, 2.75) is 11.8 Å². The zero-order chi connectivity index (χ0) is 25.8. The Kier molecular flexibility index (Phi) is 8.08. The molecule has 186 valence electrons. The van der Waals surface area contributed by atoms with Gasteiger partial charge in [-0.3, -0.25) is 13.8 Å². The zero-order valence-corrected chi connectivity index (χ0v) is 22.4. The fourth-order valence-corrected chi connectivity index (χ4v) is 5.48. The highest BCUT2D eigenvalue weighted by atomic mass is 79.9. The summed E-state index contributed by atoms with van der Waals surface area (Å²) in [5, 5.41) is 2.59. The molecule has 35 heavy (non-hydrogen) atoms. The van der Waals surface area contributed by atoms with Gasteiger partial charge >= 0.3 is 0 Å². The molecule has 0 saturated carbocycles. The average Bonchev–Trinajstić information content (AvgIpc) is 2.77. The van der Waals surface area contributed by atoms with Crippen molar-refractivity contribution in [2.75, 3.05) is 34.3 Å². The van der Waals surface area contributed by atoms with E-state index in [1.54, 1.807) is 42.5 Å². The fraction of sp³-hybridized carbons (Fsp3) is 0.174. The van der Waals surface area contributed by atoms with E-state index in [1.807, 2.05) is 6.92 Å². The van der Waals surface area contributed by atoms with Crippen molar-refractivity contribution in [1.29, 1.82) is 0 Å². The monoisotopic (exact) mass is 581 g/mol. The number of methoxy groups -OCH3 is 1. The van der Waals surface area contributed by atoms with Crippen LogP contribution in [0.1, 0.15) is 5.56 Å². The lowest BCUT2D eigenvalue weighted by Gasteiger charge is -2.22. The SMILES string of the molecule is COc1ccc(C)cc1NS(=O)(=O)c1ccc(NC(=O)CN(c2cccc(Br)c2)S(C)(=O)=O)cc1. The maximum atomic E-state index is 12.8. The minimum Gasteiger partial charge on any atom is -0.495 e. The van der Waals surface area contributed by atoms with Gasteiger partial charge in [0.1, 0.15) is 12.3 Å². The summed E-state index contributed by atoms with van der Waals surface area (Å²) >= 11 is 3.29. The molecule has 0 fully saturated rings. The lowest BCUT2D eigenvalue weighted by atomic mass is 10.2. The lowest BCUT2D eigenvalue weighted by molar-refractivity contribution is -0.114. The molecule has 3 aromatic rings. The van der Waals surface area contributed by atoms with E-state index >= 15 is 0 Å². The molecule has 3 rings (SSSR count). The standard InChI is InChI=1S/C23H24BrN3O6S2/c1-16-7-12-22(33-2)21(13-16)26-35(31,32)20-10-8-18(9-11-20)25-23(28)15-27(34(3,29)30)19-6-4-5-17(24)14-19/h4-14,26H,15H2,1-3H3,(H,25,28). The molecular formula is C23H24BrN3O6S2. The van der Waals surface area contributed by atoms with Gasteiger partial charge < -0.3 is 10.1 Å². The van der Waals surface area contributed by atoms with Crippen LogP contribution in [0.2, 0.25) is 0 Å². The van der Waals surface area contributed by atoms with Gasteiger partial charge in [-0.2, -0.15) is 0 Å². The van der Waals surface area contributed by atoms with E-state index in [0.717, 1.165) is 16.1 Å². The first-order valence-electron chi connectivity index (χ1n) is 10.2. The highest BCUT2D eigenvalue weighted by Gasteiger charge is 2.22. The minimum absolute atomic E-state index is 0.0223. The van der Waals surface area contributed by atoms with Crippen molar-refractivity contribution in [3.63, 3.8) is 0 Å². The number of ether oxygens (including phenoxy) is 1. The predicted molar refractivity (Wildman–Crippen MR) is 140 cm³/mol. The molecule has 0 heterocycles. The summed E-state index contributed by atoms with van der Waals surface area (Å²) in [6.45, 7) is 1.38. The molecule has 3 aromatic carbocycles. The third-order valence-electron chi connectivity index (χ3n) is 4.83. The second kappa shape index (κ2) is 10.7. The minimum atomic E-state index is -3.92. The van der Waals surface area contributed by atoms with Gasteiger partial charge in [0.25, 0.3) is 10.0 Å². The van der Waals surface area contributed by atoms with Crippen LogP contribution in [0.3, 0.4) is 0 Å². The second-order valence-corrected chi connectivity index (χ2v) is 12.1. The number of halogens is 1. The number of amides is 1. The maximum absolute atomic E-state index is 12.8. The number of nitrogens with zero attached hydrogens (tertiary/aromatic N) is 1. The number of aryl methyl sites for hydroxylation is 1. The van der Waals surface area contributed by atoms with Crippen molar-refractivity contribution in [1.82, 2.24) is 0 Å². The molecule has 0 aliphatic carbocycles. The van der Waals surface area contributed by atoms with Gasteiger partial charge in [-0.25, -0.2) is 16.8 Å². The number of nitrogens with one attached hydrogen (secondary N) is 2. The number of carbonyl (C=O) groups is 1. The van der Waals surface area contributed by atoms with E-state index in [1.165, 1.54) is 31.4 Å². The van der Waals surface area contributed by atoms with Gasteiger partial charge in [0.2, 0.25) is 15.9 Å². The summed E-state index contributed by atoms with van der Waals surface area (Å²) in [5.41, 5.74) is 1.80. The average molecular weight is 582 g/mol. The smallest absolute Gasteiger partial charge is 0.262 e. The third kappa shape index (κ3) is 6.96. The van der Waals surface area contributed by atoms with Crippen molar-refractivity contribution < 1.29 is 26.4 Å². The second-order valence-electron chi connectivity index (χ2n) is 7.63. The number of hydrogen-bond acceptors (Lipinski definition) is 6. The molecule has 0 aliphatic rings. The van der Waals surface area contributed by atoms with Crippen LogP contribution < -0.4 is 19.1 Å². The Balaban J connectivity index is 1.74. The molecule has 2 N–H and O–H groups in total. The van der Waals surface area contributed by atoms with E-state index in [2.05, 4.69) is 26.0 Å². The van der Waals surface area contributed by atoms with Crippen molar-refractivity contribution in [3.05, 3.63) is 76.8 Å². The van der Waals surface area contributed by atoms with Crippen LogP contribution in [0, 0.1) is 6.92 Å². The van der Waals surface area contributed by atoms with Crippen LogP contribution in [0.4, 0.5) is 17.1 Å². The van der Waals surface area contributed by atoms with E-state index < -0.39 is 32.5 Å². The molecule has 0 spiro atoms. The van der Waals surface area contributed by atoms with Gasteiger partial charge in [0.05, 0.1) is 29.6 Å². The van der Waals surface area contributed by atoms with Crippen LogP contribution in [-0.2, 0) is 24.8 Å². The van der Waals surface area contributed by atoms with Crippen LogP contribution in [0.15, 0.2) is 76.1 Å². The first kappa shape index (κ1) is 26.5. The topological polar surface area (TPSA) is 122 Å². The van der Waals surface area contributed by atoms with Crippen LogP contribution in [0.5, 0.6) is 5.75 Å². The maximum Gasteiger partial charge on any atom is 0.262 e. The van der Waals surface area contributed by atoms with Crippen molar-refractivity contribution >= 4 is 58.9 Å². The fourth-order valence-electron chi connectivity index (χ4n) is 3.18. The van der Waals surface area contributed by atoms with Gasteiger partial charge in [0, 0.05) is 10.2 Å². The molecule has 1 amide bonds. The summed E-state index contributed by atoms with van der Waals surface area (Å²) in [6, 6.07) is 17.2. The predicted octanol–water partition coefficient (Wildman–Crippen LogP) is 3.97. The van der Waals surface area contributed by atoms with Crippen molar-refractivity contribution in [3.8, 4) is 5.75 Å². The highest BCUT2D eigenvalue weighted by Crippen LogP contribution is 2.28. The van der Waals surface area contributed by atoms with Gasteiger partial charge in [-0.05, 0) is 67.1 Å². The Morgan fingerprint density at radius 1 is 1.00 bits per heavy atom. The molecular weight excluding hydrogens is 558 g/mol. The van der Waals surface area contributed by atoms with Crippen molar-refractivity contribution in [2.24, 2.45) is 0 Å². The Morgan fingerprint density at radius 3 is 2.29 bits per heavy atom. The number of sulfonamides is 2. The normalized spacial score (nSPS) is 11.5. The molecule has 0 bridgehead atoms. The van der Waals surface area contributed by atoms with E-state index in [4.69, 9.17) is 4.74 Å². The van der Waals surface area contributed by atoms with E-state index in [0.29, 0.717) is 27.3 Å². The molecule has 9 nitrogen and oxygen atoms in total. The molecule has 0 unspecified atom stereocenters. The summed E-state index contributed by atoms with van der Waals surface area (Å²) in [5.74, 6) is -0.211. The number of rotatable bonds is 9. The van der Waals surface area contributed by atoms with Crippen LogP contribution >= 0.6 is 15.9 Å². The van der Waals surface area contributed by atoms with Gasteiger partial charge in [-0.1, -0.05) is 28.1 Å². The summed E-state index contributed by atoms with van der Waals surface area (Å²) < 4.78 is 59.5. The Labute approximate surface area is 213 Å². The Bertz CT molecular complexity index is 1440. The molecule has 12 heteroatoms. The zero-order valence-electron chi connectivity index (χ0n) is 19.1. The largest absolute Gasteiger partial charge is 0.495 e. The Hall–Kier alpha value is -3.09. The molecule has 0 aliphatic heterocycles. The van der Waals surface area contributed by atoms with Gasteiger partial charge in [0.15, 0.2) is 0 Å². The summed E-state index contributed by atoms with van der Waals surface area (Å²) in [6.07, 6.45) is 1.01. The van der Waals surface area contributed by atoms with Crippen LogP contribution in [0.25, 0.3) is 0 Å². The molecule has 0 aromatic heterocycles. The molecule has 0 atom stereocenters. The quantitative estimate of drug-likeness (QED) is 0.394. The number of hydrogen-bond donors (Lipinski definition) is 2. The number of anilines is 3. The first-order valence-corrected chi connectivity index (χ1v) is 14.3. The lowest BCUT2D eigenvalue weighted by Crippen LogP contribution is -2.37. The summed E-state index contributed by atoms with van der Waals surface area (Å²) in [4.78, 5) is 12.6. The van der Waals surface area contributed by atoms with Crippen LogP contribution in [-0.4, -0.2) is 42.7 Å². The van der Waals surface area contributed by atoms with E-state index in [9.17, 15) is 21.6 Å². The third-order valence-corrected chi connectivity index (χ3v) is 7.85.